The number of anilines is 1. The van der Waals surface area contributed by atoms with Crippen LogP contribution in [0.5, 0.6) is 0 Å². The van der Waals surface area contributed by atoms with E-state index in [1.807, 2.05) is 6.07 Å². The van der Waals surface area contributed by atoms with Crippen molar-refractivity contribution >= 4 is 22.6 Å². The summed E-state index contributed by atoms with van der Waals surface area (Å²) in [5.74, 6) is 0.729. The number of aryl methyl sites for hydroxylation is 1. The molecule has 0 unspecified atom stereocenters. The number of amides is 1. The Kier molecular flexibility index (Phi) is 3.14. The molecule has 0 bridgehead atoms. The summed E-state index contributed by atoms with van der Waals surface area (Å²) in [7, 11) is 1.79. The van der Waals surface area contributed by atoms with E-state index in [0.29, 0.717) is 18.8 Å². The SMILES string of the molecule is Cn1ccc(C(=O)NC2CN(c3ncnc4cnccc34)C2)n1. The number of hydrogen-bond acceptors (Lipinski definition) is 6. The Morgan fingerprint density at radius 1 is 1.30 bits per heavy atom. The van der Waals surface area contributed by atoms with Crippen LogP contribution in [0.2, 0.25) is 0 Å². The normalized spacial score (nSPS) is 14.7. The predicted molar refractivity (Wildman–Crippen MR) is 84.0 cm³/mol. The Balaban J connectivity index is 1.44. The van der Waals surface area contributed by atoms with Crippen LogP contribution < -0.4 is 10.2 Å². The summed E-state index contributed by atoms with van der Waals surface area (Å²) >= 11 is 0. The third-order valence-electron chi connectivity index (χ3n) is 3.88. The highest BCUT2D eigenvalue weighted by Gasteiger charge is 2.30. The molecule has 1 N–H and O–H groups in total. The average molecular weight is 309 g/mol. The van der Waals surface area contributed by atoms with E-state index in [1.165, 1.54) is 0 Å². The second kappa shape index (κ2) is 5.31. The average Bonchev–Trinajstić information content (AvgIpc) is 2.96. The van der Waals surface area contributed by atoms with Crippen LogP contribution in [0, 0.1) is 0 Å². The van der Waals surface area contributed by atoms with Crippen LogP contribution in [-0.2, 0) is 7.05 Å². The van der Waals surface area contributed by atoms with E-state index in [2.05, 4.69) is 30.3 Å². The molecule has 1 aliphatic rings. The van der Waals surface area contributed by atoms with E-state index in [0.717, 1.165) is 16.7 Å². The number of rotatable bonds is 3. The van der Waals surface area contributed by atoms with Crippen LogP contribution in [0.1, 0.15) is 10.5 Å². The van der Waals surface area contributed by atoms with Crippen molar-refractivity contribution in [1.29, 1.82) is 0 Å². The van der Waals surface area contributed by atoms with E-state index in [-0.39, 0.29) is 11.9 Å². The molecule has 0 atom stereocenters. The van der Waals surface area contributed by atoms with Crippen molar-refractivity contribution in [3.8, 4) is 0 Å². The van der Waals surface area contributed by atoms with Crippen LogP contribution >= 0.6 is 0 Å². The number of hydrogen-bond donors (Lipinski definition) is 1. The van der Waals surface area contributed by atoms with Crippen molar-refractivity contribution in [3.05, 3.63) is 42.7 Å². The first kappa shape index (κ1) is 13.6. The molecule has 4 rings (SSSR count). The minimum absolute atomic E-state index is 0.0939. The fraction of sp³-hybridized carbons (Fsp3) is 0.267. The first-order valence-corrected chi connectivity index (χ1v) is 7.31. The summed E-state index contributed by atoms with van der Waals surface area (Å²) < 4.78 is 1.61. The molecular formula is C15H15N7O. The second-order valence-corrected chi connectivity index (χ2v) is 5.54. The minimum Gasteiger partial charge on any atom is -0.352 e. The van der Waals surface area contributed by atoms with Crippen molar-refractivity contribution in [3.63, 3.8) is 0 Å². The van der Waals surface area contributed by atoms with Gasteiger partial charge in [-0.15, -0.1) is 0 Å². The molecule has 1 fully saturated rings. The number of carbonyl (C=O) groups is 1. The first-order valence-electron chi connectivity index (χ1n) is 7.31. The van der Waals surface area contributed by atoms with Gasteiger partial charge >= 0.3 is 0 Å². The quantitative estimate of drug-likeness (QED) is 0.752. The van der Waals surface area contributed by atoms with Gasteiger partial charge in [-0.05, 0) is 12.1 Å². The molecule has 1 saturated heterocycles. The van der Waals surface area contributed by atoms with Crippen LogP contribution in [0.3, 0.4) is 0 Å². The Morgan fingerprint density at radius 3 is 2.96 bits per heavy atom. The van der Waals surface area contributed by atoms with Gasteiger partial charge in [-0.25, -0.2) is 9.97 Å². The number of pyridine rings is 1. The molecule has 8 nitrogen and oxygen atoms in total. The fourth-order valence-electron chi connectivity index (χ4n) is 2.68. The van der Waals surface area contributed by atoms with Crippen molar-refractivity contribution < 1.29 is 4.79 Å². The highest BCUT2D eigenvalue weighted by atomic mass is 16.2. The van der Waals surface area contributed by atoms with Gasteiger partial charge in [0, 0.05) is 37.9 Å². The van der Waals surface area contributed by atoms with Crippen LogP contribution in [0.4, 0.5) is 5.82 Å². The lowest BCUT2D eigenvalue weighted by atomic mass is 10.1. The number of nitrogens with zero attached hydrogens (tertiary/aromatic N) is 6. The zero-order valence-corrected chi connectivity index (χ0v) is 12.5. The summed E-state index contributed by atoms with van der Waals surface area (Å²) in [6.45, 7) is 1.43. The lowest BCUT2D eigenvalue weighted by Crippen LogP contribution is -2.59. The summed E-state index contributed by atoms with van der Waals surface area (Å²) in [5, 5.41) is 8.05. The van der Waals surface area contributed by atoms with Crippen molar-refractivity contribution in [2.75, 3.05) is 18.0 Å². The van der Waals surface area contributed by atoms with Gasteiger partial charge in [-0.3, -0.25) is 14.5 Å². The first-order chi connectivity index (χ1) is 11.2. The summed E-state index contributed by atoms with van der Waals surface area (Å²) in [6, 6.07) is 3.71. The zero-order valence-electron chi connectivity index (χ0n) is 12.5. The van der Waals surface area contributed by atoms with E-state index >= 15 is 0 Å². The largest absolute Gasteiger partial charge is 0.352 e. The lowest BCUT2D eigenvalue weighted by Gasteiger charge is -2.40. The molecule has 116 valence electrons. The van der Waals surface area contributed by atoms with E-state index < -0.39 is 0 Å². The minimum atomic E-state index is -0.146. The van der Waals surface area contributed by atoms with Crippen LogP contribution in [-0.4, -0.2) is 49.8 Å². The van der Waals surface area contributed by atoms with Crippen LogP contribution in [0.25, 0.3) is 10.9 Å². The number of nitrogens with one attached hydrogen (secondary N) is 1. The summed E-state index contributed by atoms with van der Waals surface area (Å²) in [6.07, 6.45) is 6.75. The van der Waals surface area contributed by atoms with Crippen molar-refractivity contribution in [2.45, 2.75) is 6.04 Å². The molecule has 1 amide bonds. The highest BCUT2D eigenvalue weighted by Crippen LogP contribution is 2.25. The molecule has 3 aromatic rings. The number of carbonyl (C=O) groups excluding carboxylic acids is 1. The molecule has 0 saturated carbocycles. The highest BCUT2D eigenvalue weighted by molar-refractivity contribution is 5.93. The monoisotopic (exact) mass is 309 g/mol. The van der Waals surface area contributed by atoms with Gasteiger partial charge in [0.15, 0.2) is 0 Å². The van der Waals surface area contributed by atoms with E-state index in [1.54, 1.807) is 42.7 Å². The van der Waals surface area contributed by atoms with Gasteiger partial charge in [-0.1, -0.05) is 0 Å². The Morgan fingerprint density at radius 2 is 2.17 bits per heavy atom. The van der Waals surface area contributed by atoms with Gasteiger partial charge < -0.3 is 10.2 Å². The standard InChI is InChI=1S/C15H15N7O/c1-21-5-3-12(20-21)15(23)19-10-7-22(8-10)14-11-2-4-16-6-13(11)17-9-18-14/h2-6,9-10H,7-8H2,1H3,(H,19,23). The van der Waals surface area contributed by atoms with Gasteiger partial charge in [0.2, 0.25) is 0 Å². The third-order valence-corrected chi connectivity index (χ3v) is 3.88. The second-order valence-electron chi connectivity index (χ2n) is 5.54. The fourth-order valence-corrected chi connectivity index (χ4v) is 2.68. The molecule has 0 spiro atoms. The molecule has 0 radical (unpaired) electrons. The maximum Gasteiger partial charge on any atom is 0.272 e. The van der Waals surface area contributed by atoms with Crippen LogP contribution in [0.15, 0.2) is 37.1 Å². The Bertz CT molecular complexity index is 864. The van der Waals surface area contributed by atoms with E-state index in [4.69, 9.17) is 0 Å². The van der Waals surface area contributed by atoms with Gasteiger partial charge in [0.25, 0.3) is 5.91 Å². The molecule has 1 aliphatic heterocycles. The molecule has 0 aliphatic carbocycles. The molecule has 3 aromatic heterocycles. The molecule has 4 heterocycles. The van der Waals surface area contributed by atoms with Crippen molar-refractivity contribution in [2.24, 2.45) is 7.05 Å². The maximum absolute atomic E-state index is 12.1. The van der Waals surface area contributed by atoms with Crippen molar-refractivity contribution in [1.82, 2.24) is 30.0 Å². The zero-order chi connectivity index (χ0) is 15.8. The summed E-state index contributed by atoms with van der Waals surface area (Å²) in [4.78, 5) is 26.8. The smallest absolute Gasteiger partial charge is 0.272 e. The molecule has 8 heteroatoms. The van der Waals surface area contributed by atoms with Gasteiger partial charge in [0.05, 0.1) is 17.8 Å². The van der Waals surface area contributed by atoms with Gasteiger partial charge in [-0.2, -0.15) is 5.10 Å². The van der Waals surface area contributed by atoms with Gasteiger partial charge in [0.1, 0.15) is 17.8 Å². The molecule has 23 heavy (non-hydrogen) atoms. The maximum atomic E-state index is 12.1. The predicted octanol–water partition coefficient (Wildman–Crippen LogP) is 0.377. The number of fused-ring (bicyclic) bond motifs is 1. The lowest BCUT2D eigenvalue weighted by molar-refractivity contribution is 0.0924. The Hall–Kier alpha value is -3.03. The summed E-state index contributed by atoms with van der Waals surface area (Å²) in [5.41, 5.74) is 1.25. The molecular weight excluding hydrogens is 294 g/mol. The number of aromatic nitrogens is 5. The topological polar surface area (TPSA) is 88.8 Å². The molecule has 0 aromatic carbocycles. The Labute approximate surface area is 132 Å². The van der Waals surface area contributed by atoms with E-state index in [9.17, 15) is 4.79 Å². The third kappa shape index (κ3) is 2.48.